The lowest BCUT2D eigenvalue weighted by Crippen LogP contribution is -2.48. The van der Waals surface area contributed by atoms with E-state index in [2.05, 4.69) is 11.0 Å². The third-order valence-electron chi connectivity index (χ3n) is 3.13. The van der Waals surface area contributed by atoms with E-state index in [1.54, 1.807) is 12.0 Å². The Morgan fingerprint density at radius 1 is 1.17 bits per heavy atom. The minimum atomic E-state index is -0.250. The van der Waals surface area contributed by atoms with Crippen LogP contribution >= 0.6 is 0 Å². The highest BCUT2D eigenvalue weighted by molar-refractivity contribution is 5.68. The van der Waals surface area contributed by atoms with Gasteiger partial charge in [0.05, 0.1) is 14.2 Å². The fourth-order valence-corrected chi connectivity index (χ4v) is 2.08. The molecule has 0 atom stereocenters. The average molecular weight is 250 g/mol. The summed E-state index contributed by atoms with van der Waals surface area (Å²) >= 11 is 0. The zero-order valence-corrected chi connectivity index (χ0v) is 10.8. The van der Waals surface area contributed by atoms with Gasteiger partial charge in [0.1, 0.15) is 5.75 Å². The molecule has 0 radical (unpaired) electrons. The zero-order valence-electron chi connectivity index (χ0n) is 10.8. The molecule has 1 aromatic rings. The molecule has 0 bridgehead atoms. The molecule has 0 N–H and O–H groups in total. The molecule has 18 heavy (non-hydrogen) atoms. The molecule has 1 aliphatic heterocycles. The highest BCUT2D eigenvalue weighted by Gasteiger charge is 2.21. The second-order valence-electron chi connectivity index (χ2n) is 4.15. The number of rotatable bonds is 2. The Labute approximate surface area is 107 Å². The molecule has 1 saturated heterocycles. The van der Waals surface area contributed by atoms with E-state index in [9.17, 15) is 4.79 Å². The first-order valence-electron chi connectivity index (χ1n) is 5.96. The highest BCUT2D eigenvalue weighted by Crippen LogP contribution is 2.22. The summed E-state index contributed by atoms with van der Waals surface area (Å²) < 4.78 is 9.93. The van der Waals surface area contributed by atoms with Crippen molar-refractivity contribution in [3.8, 4) is 5.75 Å². The molecule has 0 unspecified atom stereocenters. The summed E-state index contributed by atoms with van der Waals surface area (Å²) in [7, 11) is 3.07. The van der Waals surface area contributed by atoms with Gasteiger partial charge in [-0.2, -0.15) is 0 Å². The van der Waals surface area contributed by atoms with Crippen LogP contribution in [-0.2, 0) is 4.74 Å². The van der Waals surface area contributed by atoms with Crippen molar-refractivity contribution >= 4 is 11.8 Å². The van der Waals surface area contributed by atoms with Crippen molar-refractivity contribution in [1.29, 1.82) is 0 Å². The van der Waals surface area contributed by atoms with Crippen molar-refractivity contribution in [3.63, 3.8) is 0 Å². The molecule has 0 aliphatic carbocycles. The number of nitrogens with zero attached hydrogens (tertiary/aromatic N) is 2. The summed E-state index contributed by atoms with van der Waals surface area (Å²) in [4.78, 5) is 15.3. The van der Waals surface area contributed by atoms with Gasteiger partial charge >= 0.3 is 6.09 Å². The van der Waals surface area contributed by atoms with Gasteiger partial charge in [0.2, 0.25) is 0 Å². The number of carbonyl (C=O) groups excluding carboxylic acids is 1. The molecular weight excluding hydrogens is 232 g/mol. The van der Waals surface area contributed by atoms with Gasteiger partial charge < -0.3 is 19.3 Å². The summed E-state index contributed by atoms with van der Waals surface area (Å²) in [6.07, 6.45) is -0.250. The first-order valence-corrected chi connectivity index (χ1v) is 5.96. The van der Waals surface area contributed by atoms with Crippen molar-refractivity contribution in [2.75, 3.05) is 45.3 Å². The summed E-state index contributed by atoms with van der Waals surface area (Å²) in [6.45, 7) is 2.98. The Bertz CT molecular complexity index is 414. The molecule has 1 fully saturated rings. The molecule has 2 rings (SSSR count). The monoisotopic (exact) mass is 250 g/mol. The maximum Gasteiger partial charge on any atom is 0.409 e. The maximum absolute atomic E-state index is 11.4. The minimum Gasteiger partial charge on any atom is -0.497 e. The average Bonchev–Trinajstić information content (AvgIpc) is 2.46. The fraction of sp³-hybridized carbons (Fsp3) is 0.462. The van der Waals surface area contributed by atoms with Crippen LogP contribution in [0.1, 0.15) is 0 Å². The van der Waals surface area contributed by atoms with Crippen molar-refractivity contribution in [2.45, 2.75) is 0 Å². The van der Waals surface area contributed by atoms with Crippen molar-refractivity contribution in [3.05, 3.63) is 24.3 Å². The van der Waals surface area contributed by atoms with Crippen molar-refractivity contribution in [1.82, 2.24) is 4.90 Å². The number of amides is 1. The quantitative estimate of drug-likeness (QED) is 0.799. The van der Waals surface area contributed by atoms with E-state index >= 15 is 0 Å². The maximum atomic E-state index is 11.4. The normalized spacial score (nSPS) is 15.4. The third kappa shape index (κ3) is 2.67. The predicted molar refractivity (Wildman–Crippen MR) is 69.2 cm³/mol. The summed E-state index contributed by atoms with van der Waals surface area (Å²) in [5.41, 5.74) is 1.12. The lowest BCUT2D eigenvalue weighted by Gasteiger charge is -2.35. The first-order chi connectivity index (χ1) is 8.74. The smallest absolute Gasteiger partial charge is 0.409 e. The van der Waals surface area contributed by atoms with E-state index in [0.29, 0.717) is 13.1 Å². The molecule has 0 spiro atoms. The van der Waals surface area contributed by atoms with Gasteiger partial charge in [0.25, 0.3) is 0 Å². The summed E-state index contributed by atoms with van der Waals surface area (Å²) in [5, 5.41) is 0. The fourth-order valence-electron chi connectivity index (χ4n) is 2.08. The van der Waals surface area contributed by atoms with E-state index in [1.807, 2.05) is 18.2 Å². The van der Waals surface area contributed by atoms with E-state index in [1.165, 1.54) is 7.11 Å². The van der Waals surface area contributed by atoms with Crippen LogP contribution in [-0.4, -0.2) is 51.4 Å². The standard InChI is InChI=1S/C13H18N2O3/c1-17-12-5-3-4-11(10-12)14-6-8-15(9-7-14)13(16)18-2/h3-5,10H,6-9H2,1-2H3. The number of anilines is 1. The van der Waals surface area contributed by atoms with Gasteiger partial charge in [-0.05, 0) is 12.1 Å². The molecule has 1 heterocycles. The second kappa shape index (κ2) is 5.62. The van der Waals surface area contributed by atoms with E-state index in [-0.39, 0.29) is 6.09 Å². The molecule has 1 aromatic carbocycles. The summed E-state index contributed by atoms with van der Waals surface area (Å²) in [6, 6.07) is 7.96. The molecule has 98 valence electrons. The lowest BCUT2D eigenvalue weighted by molar-refractivity contribution is 0.121. The Balaban J connectivity index is 1.98. The number of ether oxygens (including phenoxy) is 2. The van der Waals surface area contributed by atoms with Crippen LogP contribution < -0.4 is 9.64 Å². The number of hydrogen-bond acceptors (Lipinski definition) is 4. The molecule has 5 nitrogen and oxygen atoms in total. The Kier molecular flexibility index (Phi) is 3.92. The van der Waals surface area contributed by atoms with Gasteiger partial charge in [-0.15, -0.1) is 0 Å². The number of benzene rings is 1. The number of piperazine rings is 1. The van der Waals surface area contributed by atoms with Crippen LogP contribution in [0.25, 0.3) is 0 Å². The Morgan fingerprint density at radius 2 is 1.89 bits per heavy atom. The molecule has 1 amide bonds. The van der Waals surface area contributed by atoms with Crippen molar-refractivity contribution < 1.29 is 14.3 Å². The summed E-state index contributed by atoms with van der Waals surface area (Å²) in [5.74, 6) is 0.850. The van der Waals surface area contributed by atoms with Crippen molar-refractivity contribution in [2.24, 2.45) is 0 Å². The second-order valence-corrected chi connectivity index (χ2v) is 4.15. The zero-order chi connectivity index (χ0) is 13.0. The topological polar surface area (TPSA) is 42.0 Å². The molecular formula is C13H18N2O3. The van der Waals surface area contributed by atoms with Crippen LogP contribution in [0.5, 0.6) is 5.75 Å². The van der Waals surface area contributed by atoms with Crippen LogP contribution in [0, 0.1) is 0 Å². The number of methoxy groups -OCH3 is 2. The van der Waals surface area contributed by atoms with Gasteiger partial charge in [0, 0.05) is 37.9 Å². The van der Waals surface area contributed by atoms with Gasteiger partial charge in [-0.25, -0.2) is 4.79 Å². The van der Waals surface area contributed by atoms with Crippen LogP contribution in [0.15, 0.2) is 24.3 Å². The number of carbonyl (C=O) groups is 1. The van der Waals surface area contributed by atoms with E-state index in [0.717, 1.165) is 24.5 Å². The molecule has 0 aromatic heterocycles. The van der Waals surface area contributed by atoms with Gasteiger partial charge in [-0.3, -0.25) is 0 Å². The van der Waals surface area contributed by atoms with Gasteiger partial charge in [0.15, 0.2) is 0 Å². The highest BCUT2D eigenvalue weighted by atomic mass is 16.5. The van der Waals surface area contributed by atoms with Crippen LogP contribution in [0.4, 0.5) is 10.5 Å². The lowest BCUT2D eigenvalue weighted by atomic mass is 10.2. The SMILES string of the molecule is COC(=O)N1CCN(c2cccc(OC)c2)CC1. The van der Waals surface area contributed by atoms with E-state index in [4.69, 9.17) is 9.47 Å². The first kappa shape index (κ1) is 12.5. The Hall–Kier alpha value is -1.91. The number of hydrogen-bond donors (Lipinski definition) is 0. The third-order valence-corrected chi connectivity index (χ3v) is 3.13. The van der Waals surface area contributed by atoms with E-state index < -0.39 is 0 Å². The molecule has 5 heteroatoms. The largest absolute Gasteiger partial charge is 0.497 e. The molecule has 0 saturated carbocycles. The minimum absolute atomic E-state index is 0.250. The predicted octanol–water partition coefficient (Wildman–Crippen LogP) is 1.58. The van der Waals surface area contributed by atoms with Crippen LogP contribution in [0.2, 0.25) is 0 Å². The molecule has 1 aliphatic rings. The van der Waals surface area contributed by atoms with Gasteiger partial charge in [-0.1, -0.05) is 6.07 Å². The van der Waals surface area contributed by atoms with Crippen LogP contribution in [0.3, 0.4) is 0 Å². The Morgan fingerprint density at radius 3 is 2.50 bits per heavy atom.